The highest BCUT2D eigenvalue weighted by molar-refractivity contribution is 7.98. The number of nitrogens with two attached hydrogens (primary N) is 1. The maximum Gasteiger partial charge on any atom is 0.239 e. The van der Waals surface area contributed by atoms with E-state index in [1.165, 1.54) is 0 Å². The van der Waals surface area contributed by atoms with E-state index < -0.39 is 6.04 Å². The quantitative estimate of drug-likeness (QED) is 0.794. The normalized spacial score (nSPS) is 12.0. The van der Waals surface area contributed by atoms with Crippen LogP contribution in [0.3, 0.4) is 0 Å². The largest absolute Gasteiger partial charge is 0.496 e. The summed E-state index contributed by atoms with van der Waals surface area (Å²) in [4.78, 5) is 13.8. The van der Waals surface area contributed by atoms with Gasteiger partial charge in [0.2, 0.25) is 5.91 Å². The van der Waals surface area contributed by atoms with Gasteiger partial charge in [-0.2, -0.15) is 11.8 Å². The number of ether oxygens (including phenoxy) is 1. The second kappa shape index (κ2) is 8.87. The van der Waals surface area contributed by atoms with Gasteiger partial charge in [-0.05, 0) is 36.5 Å². The molecule has 0 radical (unpaired) electrons. The van der Waals surface area contributed by atoms with E-state index in [-0.39, 0.29) is 5.91 Å². The molecule has 0 heterocycles. The first kappa shape index (κ1) is 16.9. The number of carbonyl (C=O) groups excluding carboxylic acids is 1. The number of hydrogen-bond donors (Lipinski definition) is 1. The van der Waals surface area contributed by atoms with Crippen molar-refractivity contribution in [2.45, 2.75) is 18.9 Å². The first-order chi connectivity index (χ1) is 9.60. The molecular weight excluding hydrogens is 272 g/mol. The molecule has 1 aromatic rings. The highest BCUT2D eigenvalue weighted by atomic mass is 32.2. The van der Waals surface area contributed by atoms with Crippen LogP contribution in [0, 0.1) is 0 Å². The van der Waals surface area contributed by atoms with E-state index in [9.17, 15) is 4.79 Å². The monoisotopic (exact) mass is 296 g/mol. The molecule has 0 spiro atoms. The lowest BCUT2D eigenvalue weighted by Gasteiger charge is -2.21. The van der Waals surface area contributed by atoms with Gasteiger partial charge in [-0.25, -0.2) is 0 Å². The number of likely N-dealkylation sites (N-methyl/N-ethyl adjacent to an activating group) is 1. The van der Waals surface area contributed by atoms with Crippen molar-refractivity contribution in [1.29, 1.82) is 0 Å². The molecule has 0 unspecified atom stereocenters. The van der Waals surface area contributed by atoms with Crippen molar-refractivity contribution in [3.05, 3.63) is 29.8 Å². The zero-order valence-electron chi connectivity index (χ0n) is 12.5. The number of hydrogen-bond acceptors (Lipinski definition) is 4. The van der Waals surface area contributed by atoms with E-state index in [0.29, 0.717) is 6.54 Å². The Bertz CT molecular complexity index is 426. The average molecular weight is 296 g/mol. The Morgan fingerprint density at radius 3 is 2.80 bits per heavy atom. The summed E-state index contributed by atoms with van der Waals surface area (Å²) in [6, 6.07) is 7.47. The number of nitrogens with zero attached hydrogens (tertiary/aromatic N) is 1. The van der Waals surface area contributed by atoms with Crippen molar-refractivity contribution in [2.75, 3.05) is 32.7 Å². The first-order valence-electron chi connectivity index (χ1n) is 6.71. The van der Waals surface area contributed by atoms with Gasteiger partial charge in [0.25, 0.3) is 0 Å². The zero-order valence-corrected chi connectivity index (χ0v) is 13.3. The number of benzene rings is 1. The van der Waals surface area contributed by atoms with Crippen LogP contribution in [0.1, 0.15) is 12.0 Å². The Hall–Kier alpha value is -1.20. The summed E-state index contributed by atoms with van der Waals surface area (Å²) < 4.78 is 5.31. The molecule has 20 heavy (non-hydrogen) atoms. The standard InChI is InChI=1S/C15H24N2O2S/c1-17(15(18)13(16)9-11-20-3)10-8-12-6-4-5-7-14(12)19-2/h4-7,13H,8-11,16H2,1-3H3/t13-/m0/s1. The molecule has 0 aromatic heterocycles. The fourth-order valence-electron chi connectivity index (χ4n) is 1.96. The number of methoxy groups -OCH3 is 1. The second-order valence-electron chi connectivity index (χ2n) is 4.71. The number of rotatable bonds is 8. The fourth-order valence-corrected chi connectivity index (χ4v) is 2.45. The smallest absolute Gasteiger partial charge is 0.239 e. The summed E-state index contributed by atoms with van der Waals surface area (Å²) >= 11 is 1.71. The van der Waals surface area contributed by atoms with E-state index in [1.54, 1.807) is 30.8 Å². The van der Waals surface area contributed by atoms with Crippen molar-refractivity contribution in [1.82, 2.24) is 4.90 Å². The van der Waals surface area contributed by atoms with Gasteiger partial charge in [0, 0.05) is 13.6 Å². The van der Waals surface area contributed by atoms with Gasteiger partial charge in [-0.1, -0.05) is 18.2 Å². The summed E-state index contributed by atoms with van der Waals surface area (Å²) in [6.07, 6.45) is 3.50. The van der Waals surface area contributed by atoms with E-state index in [0.717, 1.165) is 29.9 Å². The predicted molar refractivity (Wildman–Crippen MR) is 85.3 cm³/mol. The molecule has 5 heteroatoms. The summed E-state index contributed by atoms with van der Waals surface area (Å²) in [6.45, 7) is 0.645. The van der Waals surface area contributed by atoms with Crippen LogP contribution >= 0.6 is 11.8 Å². The lowest BCUT2D eigenvalue weighted by Crippen LogP contribution is -2.42. The second-order valence-corrected chi connectivity index (χ2v) is 5.70. The van der Waals surface area contributed by atoms with Crippen LogP contribution in [0.25, 0.3) is 0 Å². The summed E-state index contributed by atoms with van der Waals surface area (Å²) in [5.74, 6) is 1.78. The lowest BCUT2D eigenvalue weighted by atomic mass is 10.1. The maximum atomic E-state index is 12.1. The van der Waals surface area contributed by atoms with Gasteiger partial charge in [0.15, 0.2) is 0 Å². The molecule has 0 aliphatic heterocycles. The van der Waals surface area contributed by atoms with Crippen LogP contribution in [0.15, 0.2) is 24.3 Å². The minimum atomic E-state index is -0.398. The molecule has 0 saturated heterocycles. The van der Waals surface area contributed by atoms with Crippen molar-refractivity contribution < 1.29 is 9.53 Å². The molecule has 0 fully saturated rings. The van der Waals surface area contributed by atoms with Crippen LogP contribution in [-0.4, -0.2) is 49.6 Å². The topological polar surface area (TPSA) is 55.6 Å². The summed E-state index contributed by atoms with van der Waals surface area (Å²) in [5.41, 5.74) is 7.00. The van der Waals surface area contributed by atoms with Crippen LogP contribution in [0.5, 0.6) is 5.75 Å². The third-order valence-corrected chi connectivity index (χ3v) is 3.88. The predicted octanol–water partition coefficient (Wildman–Crippen LogP) is 1.78. The molecule has 0 aliphatic rings. The molecule has 4 nitrogen and oxygen atoms in total. The molecule has 0 bridgehead atoms. The fraction of sp³-hybridized carbons (Fsp3) is 0.533. The molecule has 2 N–H and O–H groups in total. The first-order valence-corrected chi connectivity index (χ1v) is 8.11. The molecule has 0 aliphatic carbocycles. The van der Waals surface area contributed by atoms with Crippen LogP contribution < -0.4 is 10.5 Å². The number of amides is 1. The molecule has 1 aromatic carbocycles. The Morgan fingerprint density at radius 2 is 2.15 bits per heavy atom. The number of carbonyl (C=O) groups is 1. The summed E-state index contributed by atoms with van der Waals surface area (Å²) in [7, 11) is 3.46. The molecular formula is C15H24N2O2S. The molecule has 1 rings (SSSR count). The number of para-hydroxylation sites is 1. The van der Waals surface area contributed by atoms with Gasteiger partial charge in [0.05, 0.1) is 13.2 Å². The lowest BCUT2D eigenvalue weighted by molar-refractivity contribution is -0.131. The maximum absolute atomic E-state index is 12.1. The Kier molecular flexibility index (Phi) is 7.47. The van der Waals surface area contributed by atoms with Gasteiger partial charge in [0.1, 0.15) is 5.75 Å². The van der Waals surface area contributed by atoms with Gasteiger partial charge < -0.3 is 15.4 Å². The van der Waals surface area contributed by atoms with Gasteiger partial charge in [-0.3, -0.25) is 4.79 Å². The molecule has 1 amide bonds. The van der Waals surface area contributed by atoms with Crippen molar-refractivity contribution in [2.24, 2.45) is 5.73 Å². The Morgan fingerprint density at radius 1 is 1.45 bits per heavy atom. The highest BCUT2D eigenvalue weighted by Crippen LogP contribution is 2.17. The Balaban J connectivity index is 2.50. The van der Waals surface area contributed by atoms with Gasteiger partial charge in [-0.15, -0.1) is 0 Å². The third-order valence-electron chi connectivity index (χ3n) is 3.24. The number of thioether (sulfide) groups is 1. The van der Waals surface area contributed by atoms with Crippen molar-refractivity contribution in [3.8, 4) is 5.75 Å². The molecule has 112 valence electrons. The van der Waals surface area contributed by atoms with Crippen molar-refractivity contribution >= 4 is 17.7 Å². The van der Waals surface area contributed by atoms with Gasteiger partial charge >= 0.3 is 0 Å². The molecule has 1 atom stereocenters. The third kappa shape index (κ3) is 5.06. The minimum absolute atomic E-state index is 0.00829. The SMILES string of the molecule is COc1ccccc1CCN(C)C(=O)[C@@H](N)CCSC. The minimum Gasteiger partial charge on any atom is -0.496 e. The van der Waals surface area contributed by atoms with E-state index >= 15 is 0 Å². The average Bonchev–Trinajstić information content (AvgIpc) is 2.49. The summed E-state index contributed by atoms with van der Waals surface area (Å²) in [5, 5.41) is 0. The molecule has 0 saturated carbocycles. The zero-order chi connectivity index (χ0) is 15.0. The van der Waals surface area contributed by atoms with Crippen LogP contribution in [0.2, 0.25) is 0 Å². The highest BCUT2D eigenvalue weighted by Gasteiger charge is 2.17. The van der Waals surface area contributed by atoms with Crippen molar-refractivity contribution in [3.63, 3.8) is 0 Å². The van der Waals surface area contributed by atoms with Crippen LogP contribution in [0.4, 0.5) is 0 Å². The van der Waals surface area contributed by atoms with E-state index in [1.807, 2.05) is 30.5 Å². The Labute approximate surface area is 125 Å². The van der Waals surface area contributed by atoms with Crippen LogP contribution in [-0.2, 0) is 11.2 Å². The van der Waals surface area contributed by atoms with E-state index in [4.69, 9.17) is 10.5 Å². The van der Waals surface area contributed by atoms with E-state index in [2.05, 4.69) is 0 Å².